The van der Waals surface area contributed by atoms with Gasteiger partial charge in [0.2, 0.25) is 0 Å². The summed E-state index contributed by atoms with van der Waals surface area (Å²) in [5.41, 5.74) is 1.33. The van der Waals surface area contributed by atoms with Gasteiger partial charge in [0.25, 0.3) is 0 Å². The Hall–Kier alpha value is -0.790. The number of imidazole rings is 1. The van der Waals surface area contributed by atoms with Crippen LogP contribution in [0.1, 0.15) is 83.2 Å². The molecular weight excluding hydrogens is 232 g/mol. The Labute approximate surface area is 119 Å². The van der Waals surface area contributed by atoms with Crippen LogP contribution in [0, 0.1) is 12.8 Å². The molecule has 1 heterocycles. The van der Waals surface area contributed by atoms with Crippen LogP contribution in [0.4, 0.5) is 0 Å². The van der Waals surface area contributed by atoms with Crippen molar-refractivity contribution >= 4 is 0 Å². The number of aryl methyl sites for hydroxylation is 1. The predicted molar refractivity (Wildman–Crippen MR) is 83.4 cm³/mol. The van der Waals surface area contributed by atoms with Gasteiger partial charge < -0.3 is 4.98 Å². The SMILES string of the molecule is CCCCCCC(CCCCC)Cc1cnc(C)[nH]1. The Morgan fingerprint density at radius 1 is 1.00 bits per heavy atom. The molecule has 0 radical (unpaired) electrons. The van der Waals surface area contributed by atoms with Gasteiger partial charge in [-0.05, 0) is 19.3 Å². The molecule has 1 N–H and O–H groups in total. The van der Waals surface area contributed by atoms with Crippen LogP contribution in [0.3, 0.4) is 0 Å². The summed E-state index contributed by atoms with van der Waals surface area (Å²) >= 11 is 0. The Kier molecular flexibility index (Phi) is 8.61. The number of nitrogens with zero attached hydrogens (tertiary/aromatic N) is 1. The molecule has 0 spiro atoms. The maximum atomic E-state index is 4.32. The van der Waals surface area contributed by atoms with Crippen molar-refractivity contribution in [2.75, 3.05) is 0 Å². The van der Waals surface area contributed by atoms with Gasteiger partial charge in [-0.1, -0.05) is 71.6 Å². The molecular formula is C17H32N2. The minimum atomic E-state index is 0.850. The second kappa shape index (κ2) is 10.1. The molecule has 0 amide bonds. The topological polar surface area (TPSA) is 28.7 Å². The molecule has 19 heavy (non-hydrogen) atoms. The van der Waals surface area contributed by atoms with Gasteiger partial charge in [0.05, 0.1) is 0 Å². The van der Waals surface area contributed by atoms with Crippen LogP contribution in [0.2, 0.25) is 0 Å². The third kappa shape index (κ3) is 7.39. The van der Waals surface area contributed by atoms with Crippen LogP contribution in [0.15, 0.2) is 6.20 Å². The molecule has 1 aromatic rings. The fourth-order valence-corrected chi connectivity index (χ4v) is 2.78. The van der Waals surface area contributed by atoms with Gasteiger partial charge in [0, 0.05) is 11.9 Å². The minimum Gasteiger partial charge on any atom is -0.346 e. The van der Waals surface area contributed by atoms with E-state index in [1.165, 1.54) is 69.9 Å². The zero-order chi connectivity index (χ0) is 13.9. The van der Waals surface area contributed by atoms with Crippen LogP contribution < -0.4 is 0 Å². The molecule has 2 heteroatoms. The van der Waals surface area contributed by atoms with Crippen molar-refractivity contribution < 1.29 is 0 Å². The first-order valence-corrected chi connectivity index (χ1v) is 8.26. The third-order valence-corrected chi connectivity index (χ3v) is 3.95. The molecule has 0 aliphatic heterocycles. The van der Waals surface area contributed by atoms with Crippen molar-refractivity contribution in [3.05, 3.63) is 17.7 Å². The van der Waals surface area contributed by atoms with E-state index < -0.39 is 0 Å². The van der Waals surface area contributed by atoms with Crippen LogP contribution in [-0.2, 0) is 6.42 Å². The van der Waals surface area contributed by atoms with E-state index in [0.29, 0.717) is 0 Å². The van der Waals surface area contributed by atoms with Crippen LogP contribution >= 0.6 is 0 Å². The molecule has 0 fully saturated rings. The van der Waals surface area contributed by atoms with E-state index in [2.05, 4.69) is 23.8 Å². The number of rotatable bonds is 11. The highest BCUT2D eigenvalue weighted by atomic mass is 14.9. The predicted octanol–water partition coefficient (Wildman–Crippen LogP) is 5.43. The number of aromatic nitrogens is 2. The summed E-state index contributed by atoms with van der Waals surface area (Å²) in [4.78, 5) is 7.71. The summed E-state index contributed by atoms with van der Waals surface area (Å²) in [6.07, 6.45) is 15.6. The van der Waals surface area contributed by atoms with Crippen LogP contribution in [-0.4, -0.2) is 9.97 Å². The zero-order valence-electron chi connectivity index (χ0n) is 13.2. The molecule has 0 aliphatic rings. The van der Waals surface area contributed by atoms with Gasteiger partial charge in [-0.3, -0.25) is 0 Å². The van der Waals surface area contributed by atoms with Crippen molar-refractivity contribution in [1.82, 2.24) is 9.97 Å². The Morgan fingerprint density at radius 2 is 1.63 bits per heavy atom. The standard InChI is InChI=1S/C17H32N2/c1-4-6-8-10-12-16(11-9-7-5-2)13-17-14-18-15(3)19-17/h14,16H,4-13H2,1-3H3,(H,18,19). The Morgan fingerprint density at radius 3 is 2.21 bits per heavy atom. The molecule has 1 rings (SSSR count). The molecule has 1 aromatic heterocycles. The number of H-pyrrole nitrogens is 1. The smallest absolute Gasteiger partial charge is 0.103 e. The Bertz CT molecular complexity index is 317. The van der Waals surface area contributed by atoms with Gasteiger partial charge in [0.15, 0.2) is 0 Å². The molecule has 0 saturated heterocycles. The summed E-state index contributed by atoms with van der Waals surface area (Å²) in [6.45, 7) is 6.61. The highest BCUT2D eigenvalue weighted by Crippen LogP contribution is 2.21. The van der Waals surface area contributed by atoms with Gasteiger partial charge in [-0.15, -0.1) is 0 Å². The maximum Gasteiger partial charge on any atom is 0.103 e. The van der Waals surface area contributed by atoms with E-state index in [0.717, 1.165) is 11.7 Å². The van der Waals surface area contributed by atoms with Crippen molar-refractivity contribution in [1.29, 1.82) is 0 Å². The van der Waals surface area contributed by atoms with E-state index in [1.54, 1.807) is 0 Å². The summed E-state index contributed by atoms with van der Waals surface area (Å²) < 4.78 is 0. The third-order valence-electron chi connectivity index (χ3n) is 3.95. The van der Waals surface area contributed by atoms with Crippen molar-refractivity contribution in [2.24, 2.45) is 5.92 Å². The monoisotopic (exact) mass is 264 g/mol. The second-order valence-electron chi connectivity index (χ2n) is 5.91. The van der Waals surface area contributed by atoms with E-state index in [1.807, 2.05) is 13.1 Å². The molecule has 0 aromatic carbocycles. The lowest BCUT2D eigenvalue weighted by Crippen LogP contribution is -2.05. The number of hydrogen-bond acceptors (Lipinski definition) is 1. The van der Waals surface area contributed by atoms with Crippen molar-refractivity contribution in [3.8, 4) is 0 Å². The van der Waals surface area contributed by atoms with Crippen LogP contribution in [0.5, 0.6) is 0 Å². The molecule has 2 nitrogen and oxygen atoms in total. The lowest BCUT2D eigenvalue weighted by Gasteiger charge is -2.16. The van der Waals surface area contributed by atoms with Gasteiger partial charge in [-0.25, -0.2) is 4.98 Å². The number of nitrogens with one attached hydrogen (secondary N) is 1. The molecule has 0 aliphatic carbocycles. The average Bonchev–Trinajstić information content (AvgIpc) is 2.80. The van der Waals surface area contributed by atoms with Crippen molar-refractivity contribution in [2.45, 2.75) is 85.0 Å². The second-order valence-corrected chi connectivity index (χ2v) is 5.91. The number of hydrogen-bond donors (Lipinski definition) is 1. The molecule has 1 unspecified atom stereocenters. The maximum absolute atomic E-state index is 4.32. The average molecular weight is 264 g/mol. The fraction of sp³-hybridized carbons (Fsp3) is 0.824. The normalized spacial score (nSPS) is 12.8. The molecule has 110 valence electrons. The van der Waals surface area contributed by atoms with E-state index in [-0.39, 0.29) is 0 Å². The number of aromatic amines is 1. The van der Waals surface area contributed by atoms with Gasteiger partial charge >= 0.3 is 0 Å². The molecule has 0 saturated carbocycles. The van der Waals surface area contributed by atoms with Gasteiger partial charge in [-0.2, -0.15) is 0 Å². The molecule has 1 atom stereocenters. The van der Waals surface area contributed by atoms with E-state index in [4.69, 9.17) is 0 Å². The summed E-state index contributed by atoms with van der Waals surface area (Å²) in [6, 6.07) is 0. The quantitative estimate of drug-likeness (QED) is 0.531. The largest absolute Gasteiger partial charge is 0.346 e. The highest BCUT2D eigenvalue weighted by Gasteiger charge is 2.10. The number of unbranched alkanes of at least 4 members (excludes halogenated alkanes) is 5. The lowest BCUT2D eigenvalue weighted by atomic mass is 9.91. The van der Waals surface area contributed by atoms with Crippen LogP contribution in [0.25, 0.3) is 0 Å². The van der Waals surface area contributed by atoms with Gasteiger partial charge in [0.1, 0.15) is 5.82 Å². The molecule has 0 bridgehead atoms. The van der Waals surface area contributed by atoms with Crippen molar-refractivity contribution in [3.63, 3.8) is 0 Å². The first kappa shape index (κ1) is 16.3. The highest BCUT2D eigenvalue weighted by molar-refractivity contribution is 5.00. The summed E-state index contributed by atoms with van der Waals surface area (Å²) in [7, 11) is 0. The summed E-state index contributed by atoms with van der Waals surface area (Å²) in [5, 5.41) is 0. The zero-order valence-corrected chi connectivity index (χ0v) is 13.2. The lowest BCUT2D eigenvalue weighted by molar-refractivity contribution is 0.403. The van der Waals surface area contributed by atoms with E-state index in [9.17, 15) is 0 Å². The summed E-state index contributed by atoms with van der Waals surface area (Å²) in [5.74, 6) is 1.90. The first-order valence-electron chi connectivity index (χ1n) is 8.26. The first-order chi connectivity index (χ1) is 9.26. The Balaban J connectivity index is 2.34. The van der Waals surface area contributed by atoms with E-state index >= 15 is 0 Å². The minimum absolute atomic E-state index is 0.850. The fourth-order valence-electron chi connectivity index (χ4n) is 2.78.